The lowest BCUT2D eigenvalue weighted by Gasteiger charge is -2.15. The molecule has 0 saturated heterocycles. The number of aromatic hydroxyl groups is 1. The topological polar surface area (TPSA) is 46.2 Å². The van der Waals surface area contributed by atoms with Crippen molar-refractivity contribution in [3.8, 4) is 5.75 Å². The lowest BCUT2D eigenvalue weighted by Crippen LogP contribution is -2.16. The zero-order chi connectivity index (χ0) is 9.14. The molecule has 3 N–H and O–H groups in total. The summed E-state index contributed by atoms with van der Waals surface area (Å²) in [7, 11) is 0. The van der Waals surface area contributed by atoms with E-state index < -0.39 is 0 Å². The number of rotatable bonds is 2. The highest BCUT2D eigenvalue weighted by atomic mass is 16.3. The van der Waals surface area contributed by atoms with Crippen molar-refractivity contribution in [2.75, 3.05) is 0 Å². The van der Waals surface area contributed by atoms with Gasteiger partial charge in [0.15, 0.2) is 0 Å². The average molecular weight is 165 g/mol. The van der Waals surface area contributed by atoms with Gasteiger partial charge in [-0.2, -0.15) is 0 Å². The molecular weight excluding hydrogens is 150 g/mol. The summed E-state index contributed by atoms with van der Waals surface area (Å²) < 4.78 is 0. The van der Waals surface area contributed by atoms with E-state index in [9.17, 15) is 0 Å². The fourth-order valence-corrected chi connectivity index (χ4v) is 1.08. The monoisotopic (exact) mass is 165 g/mol. The van der Waals surface area contributed by atoms with Crippen LogP contribution in [0.2, 0.25) is 0 Å². The SMILES string of the molecule is CC(C)[C@H](N)c1ccc(O)cc1. The molecule has 0 saturated carbocycles. The standard InChI is InChI=1S/C10H15NO/c1-7(2)10(11)8-3-5-9(12)6-4-8/h3-7,10,12H,11H2,1-2H3/t10-/m0/s1. The average Bonchev–Trinajstić information content (AvgIpc) is 2.04. The van der Waals surface area contributed by atoms with Crippen molar-refractivity contribution in [1.29, 1.82) is 0 Å². The van der Waals surface area contributed by atoms with E-state index in [1.54, 1.807) is 12.1 Å². The van der Waals surface area contributed by atoms with Crippen LogP contribution in [0, 0.1) is 5.92 Å². The van der Waals surface area contributed by atoms with E-state index in [-0.39, 0.29) is 11.8 Å². The van der Waals surface area contributed by atoms with Gasteiger partial charge in [-0.05, 0) is 23.6 Å². The normalized spacial score (nSPS) is 13.3. The maximum Gasteiger partial charge on any atom is 0.115 e. The molecule has 0 aliphatic rings. The maximum atomic E-state index is 9.04. The van der Waals surface area contributed by atoms with E-state index in [0.717, 1.165) is 5.56 Å². The molecule has 0 unspecified atom stereocenters. The van der Waals surface area contributed by atoms with Crippen LogP contribution in [0.5, 0.6) is 5.75 Å². The Balaban J connectivity index is 2.82. The third-order valence-corrected chi connectivity index (χ3v) is 2.00. The predicted molar refractivity (Wildman–Crippen MR) is 49.9 cm³/mol. The van der Waals surface area contributed by atoms with E-state index in [1.165, 1.54) is 0 Å². The zero-order valence-electron chi connectivity index (χ0n) is 7.49. The summed E-state index contributed by atoms with van der Waals surface area (Å²) in [4.78, 5) is 0. The lowest BCUT2D eigenvalue weighted by molar-refractivity contribution is 0.473. The molecule has 1 aromatic carbocycles. The van der Waals surface area contributed by atoms with Gasteiger partial charge in [0.1, 0.15) is 5.75 Å². The molecule has 0 spiro atoms. The van der Waals surface area contributed by atoms with Crippen molar-refractivity contribution in [3.05, 3.63) is 29.8 Å². The fraction of sp³-hybridized carbons (Fsp3) is 0.400. The van der Waals surface area contributed by atoms with Gasteiger partial charge in [0, 0.05) is 6.04 Å². The van der Waals surface area contributed by atoms with Crippen LogP contribution in [0.25, 0.3) is 0 Å². The summed E-state index contributed by atoms with van der Waals surface area (Å²) >= 11 is 0. The Bertz CT molecular complexity index is 241. The van der Waals surface area contributed by atoms with Crippen LogP contribution in [0.1, 0.15) is 25.5 Å². The Kier molecular flexibility index (Phi) is 2.71. The van der Waals surface area contributed by atoms with Gasteiger partial charge in [0.2, 0.25) is 0 Å². The second-order valence-corrected chi connectivity index (χ2v) is 3.36. The van der Waals surface area contributed by atoms with Crippen LogP contribution in [-0.4, -0.2) is 5.11 Å². The van der Waals surface area contributed by atoms with E-state index >= 15 is 0 Å². The molecule has 2 heteroatoms. The Morgan fingerprint density at radius 3 is 2.08 bits per heavy atom. The second-order valence-electron chi connectivity index (χ2n) is 3.36. The fourth-order valence-electron chi connectivity index (χ4n) is 1.08. The van der Waals surface area contributed by atoms with Crippen molar-refractivity contribution in [1.82, 2.24) is 0 Å². The molecule has 0 radical (unpaired) electrons. The van der Waals surface area contributed by atoms with Crippen molar-refractivity contribution in [2.24, 2.45) is 11.7 Å². The minimum Gasteiger partial charge on any atom is -0.508 e. The zero-order valence-corrected chi connectivity index (χ0v) is 7.49. The first kappa shape index (κ1) is 9.07. The third-order valence-electron chi connectivity index (χ3n) is 2.00. The molecule has 1 atom stereocenters. The number of phenols is 1. The smallest absolute Gasteiger partial charge is 0.115 e. The van der Waals surface area contributed by atoms with Crippen LogP contribution in [0.4, 0.5) is 0 Å². The quantitative estimate of drug-likeness (QED) is 0.704. The predicted octanol–water partition coefficient (Wildman–Crippen LogP) is 2.05. The summed E-state index contributed by atoms with van der Waals surface area (Å²) in [5.41, 5.74) is 6.98. The van der Waals surface area contributed by atoms with Gasteiger partial charge in [0.25, 0.3) is 0 Å². The molecular formula is C10H15NO. The summed E-state index contributed by atoms with van der Waals surface area (Å²) in [6.07, 6.45) is 0. The third kappa shape index (κ3) is 1.98. The van der Waals surface area contributed by atoms with Gasteiger partial charge >= 0.3 is 0 Å². The summed E-state index contributed by atoms with van der Waals surface area (Å²) in [5.74, 6) is 0.712. The van der Waals surface area contributed by atoms with Crippen LogP contribution in [0.15, 0.2) is 24.3 Å². The van der Waals surface area contributed by atoms with Gasteiger partial charge in [0.05, 0.1) is 0 Å². The Morgan fingerprint density at radius 1 is 1.17 bits per heavy atom. The highest BCUT2D eigenvalue weighted by Gasteiger charge is 2.09. The molecule has 1 aromatic rings. The minimum absolute atomic E-state index is 0.0607. The van der Waals surface area contributed by atoms with Crippen LogP contribution < -0.4 is 5.73 Å². The molecule has 0 fully saturated rings. The van der Waals surface area contributed by atoms with E-state index in [4.69, 9.17) is 10.8 Å². The molecule has 2 nitrogen and oxygen atoms in total. The molecule has 0 aromatic heterocycles. The van der Waals surface area contributed by atoms with E-state index in [1.807, 2.05) is 12.1 Å². The first-order valence-electron chi connectivity index (χ1n) is 4.16. The number of phenolic OH excluding ortho intramolecular Hbond substituents is 1. The first-order valence-corrected chi connectivity index (χ1v) is 4.16. The van der Waals surface area contributed by atoms with Crippen molar-refractivity contribution in [2.45, 2.75) is 19.9 Å². The highest BCUT2D eigenvalue weighted by molar-refractivity contribution is 5.27. The Labute approximate surface area is 73.0 Å². The molecule has 0 aliphatic heterocycles. The van der Waals surface area contributed by atoms with Crippen molar-refractivity contribution >= 4 is 0 Å². The van der Waals surface area contributed by atoms with E-state index in [2.05, 4.69) is 13.8 Å². The summed E-state index contributed by atoms with van der Waals surface area (Å²) in [5, 5.41) is 9.04. The van der Waals surface area contributed by atoms with Crippen LogP contribution in [-0.2, 0) is 0 Å². The molecule has 66 valence electrons. The van der Waals surface area contributed by atoms with Crippen molar-refractivity contribution < 1.29 is 5.11 Å². The molecule has 0 amide bonds. The molecule has 0 bridgehead atoms. The van der Waals surface area contributed by atoms with Crippen molar-refractivity contribution in [3.63, 3.8) is 0 Å². The summed E-state index contributed by atoms with van der Waals surface area (Å²) in [6.45, 7) is 4.16. The van der Waals surface area contributed by atoms with Crippen LogP contribution >= 0.6 is 0 Å². The summed E-state index contributed by atoms with van der Waals surface area (Å²) in [6, 6.07) is 7.11. The largest absolute Gasteiger partial charge is 0.508 e. The number of benzene rings is 1. The Morgan fingerprint density at radius 2 is 1.67 bits per heavy atom. The first-order chi connectivity index (χ1) is 5.61. The molecule has 0 heterocycles. The minimum atomic E-state index is 0.0607. The number of hydrogen-bond donors (Lipinski definition) is 2. The second kappa shape index (κ2) is 3.59. The van der Waals surface area contributed by atoms with Gasteiger partial charge in [-0.25, -0.2) is 0 Å². The Hall–Kier alpha value is -1.02. The lowest BCUT2D eigenvalue weighted by atomic mass is 9.97. The molecule has 12 heavy (non-hydrogen) atoms. The highest BCUT2D eigenvalue weighted by Crippen LogP contribution is 2.20. The number of hydrogen-bond acceptors (Lipinski definition) is 2. The van der Waals surface area contributed by atoms with Gasteiger partial charge in [-0.1, -0.05) is 26.0 Å². The van der Waals surface area contributed by atoms with Gasteiger partial charge in [-0.15, -0.1) is 0 Å². The van der Waals surface area contributed by atoms with Crippen LogP contribution in [0.3, 0.4) is 0 Å². The molecule has 1 rings (SSSR count). The maximum absolute atomic E-state index is 9.04. The number of nitrogens with two attached hydrogens (primary N) is 1. The molecule has 0 aliphatic carbocycles. The van der Waals surface area contributed by atoms with Gasteiger partial charge < -0.3 is 10.8 Å². The van der Waals surface area contributed by atoms with Gasteiger partial charge in [-0.3, -0.25) is 0 Å². The van der Waals surface area contributed by atoms with E-state index in [0.29, 0.717) is 5.92 Å².